The van der Waals surface area contributed by atoms with Gasteiger partial charge in [0, 0.05) is 16.9 Å². The molecule has 1 heterocycles. The molecule has 0 bridgehead atoms. The summed E-state index contributed by atoms with van der Waals surface area (Å²) in [6.07, 6.45) is 1.55. The molecule has 1 aromatic rings. The Morgan fingerprint density at radius 1 is 1.12 bits per heavy atom. The molecule has 0 radical (unpaired) electrons. The molecule has 0 N–H and O–H groups in total. The van der Waals surface area contributed by atoms with Crippen LogP contribution in [0.2, 0.25) is 0 Å². The topological polar surface area (TPSA) is 37.4 Å². The molecule has 0 saturated carbocycles. The van der Waals surface area contributed by atoms with E-state index in [0.29, 0.717) is 23.6 Å². The first-order valence-electron chi connectivity index (χ1n) is 5.37. The van der Waals surface area contributed by atoms with Gasteiger partial charge in [0.2, 0.25) is 0 Å². The molecule has 1 aromatic carbocycles. The molecule has 1 aliphatic rings. The molecule has 5 heteroatoms. The second-order valence-corrected chi connectivity index (χ2v) is 5.14. The fourth-order valence-corrected chi connectivity index (χ4v) is 2.38. The standard InChI is InChI=1S/C12H11BrClNO2/c13-8-3-4-9-10(7-8)12(17)15(11(9)16)6-2-1-5-14/h3-4,7H,1-2,5-6H2. The minimum absolute atomic E-state index is 0.202. The number of fused-ring (bicyclic) bond motifs is 1. The van der Waals surface area contributed by atoms with Crippen molar-refractivity contribution in [3.05, 3.63) is 33.8 Å². The van der Waals surface area contributed by atoms with Gasteiger partial charge in [-0.2, -0.15) is 0 Å². The maximum absolute atomic E-state index is 12.0. The molecule has 0 aromatic heterocycles. The molecule has 0 fully saturated rings. The number of alkyl halides is 1. The summed E-state index contributed by atoms with van der Waals surface area (Å²) < 4.78 is 0.806. The lowest BCUT2D eigenvalue weighted by Crippen LogP contribution is -2.30. The number of carbonyl (C=O) groups excluding carboxylic acids is 2. The molecule has 0 saturated heterocycles. The van der Waals surface area contributed by atoms with Crippen LogP contribution in [0.3, 0.4) is 0 Å². The van der Waals surface area contributed by atoms with Crippen LogP contribution in [0.4, 0.5) is 0 Å². The number of imide groups is 1. The van der Waals surface area contributed by atoms with Crippen LogP contribution in [-0.4, -0.2) is 29.1 Å². The monoisotopic (exact) mass is 315 g/mol. The Balaban J connectivity index is 2.20. The molecule has 0 unspecified atom stereocenters. The van der Waals surface area contributed by atoms with E-state index in [9.17, 15) is 9.59 Å². The predicted molar refractivity (Wildman–Crippen MR) is 69.5 cm³/mol. The molecule has 0 spiro atoms. The normalized spacial score (nSPS) is 14.4. The lowest BCUT2D eigenvalue weighted by Gasteiger charge is -2.12. The summed E-state index contributed by atoms with van der Waals surface area (Å²) >= 11 is 8.87. The summed E-state index contributed by atoms with van der Waals surface area (Å²) in [7, 11) is 0. The van der Waals surface area contributed by atoms with E-state index in [2.05, 4.69) is 15.9 Å². The first kappa shape index (κ1) is 12.6. The van der Waals surface area contributed by atoms with Crippen molar-refractivity contribution in [3.8, 4) is 0 Å². The number of carbonyl (C=O) groups is 2. The van der Waals surface area contributed by atoms with Gasteiger partial charge in [-0.05, 0) is 31.0 Å². The van der Waals surface area contributed by atoms with Crippen molar-refractivity contribution in [1.82, 2.24) is 4.90 Å². The van der Waals surface area contributed by atoms with Crippen molar-refractivity contribution < 1.29 is 9.59 Å². The third-order valence-electron chi connectivity index (χ3n) is 2.70. The number of unbranched alkanes of at least 4 members (excludes halogenated alkanes) is 1. The summed E-state index contributed by atoms with van der Waals surface area (Å²) in [6, 6.07) is 5.14. The van der Waals surface area contributed by atoms with Crippen LogP contribution in [0.25, 0.3) is 0 Å². The SMILES string of the molecule is O=C1c2ccc(Br)cc2C(=O)N1CCCCCl. The number of rotatable bonds is 4. The maximum Gasteiger partial charge on any atom is 0.261 e. The summed E-state index contributed by atoms with van der Waals surface area (Å²) in [4.78, 5) is 25.3. The van der Waals surface area contributed by atoms with E-state index in [4.69, 9.17) is 11.6 Å². The van der Waals surface area contributed by atoms with E-state index >= 15 is 0 Å². The number of hydrogen-bond acceptors (Lipinski definition) is 2. The number of amides is 2. The Morgan fingerprint density at radius 3 is 2.53 bits per heavy atom. The van der Waals surface area contributed by atoms with Gasteiger partial charge in [0.05, 0.1) is 11.1 Å². The molecule has 1 aliphatic heterocycles. The maximum atomic E-state index is 12.0. The van der Waals surface area contributed by atoms with Crippen molar-refractivity contribution in [2.75, 3.05) is 12.4 Å². The van der Waals surface area contributed by atoms with Crippen LogP contribution in [-0.2, 0) is 0 Å². The summed E-state index contributed by atoms with van der Waals surface area (Å²) in [6.45, 7) is 0.441. The third-order valence-corrected chi connectivity index (χ3v) is 3.46. The first-order chi connectivity index (χ1) is 8.15. The molecule has 0 aliphatic carbocycles. The van der Waals surface area contributed by atoms with Gasteiger partial charge in [0.15, 0.2) is 0 Å². The summed E-state index contributed by atoms with van der Waals surface area (Å²) in [5.74, 6) is 0.141. The minimum atomic E-state index is -0.208. The second-order valence-electron chi connectivity index (χ2n) is 3.85. The zero-order valence-electron chi connectivity index (χ0n) is 9.08. The van der Waals surface area contributed by atoms with Crippen molar-refractivity contribution in [1.29, 1.82) is 0 Å². The van der Waals surface area contributed by atoms with E-state index in [1.165, 1.54) is 4.90 Å². The molecule has 0 atom stereocenters. The number of benzene rings is 1. The van der Waals surface area contributed by atoms with Crippen LogP contribution in [0.15, 0.2) is 22.7 Å². The smallest absolute Gasteiger partial charge is 0.261 e. The Morgan fingerprint density at radius 2 is 1.82 bits per heavy atom. The Labute approximate surface area is 113 Å². The highest BCUT2D eigenvalue weighted by molar-refractivity contribution is 9.10. The highest BCUT2D eigenvalue weighted by Crippen LogP contribution is 2.26. The Bertz CT molecular complexity index is 476. The van der Waals surface area contributed by atoms with Crippen molar-refractivity contribution in [2.45, 2.75) is 12.8 Å². The Kier molecular flexibility index (Phi) is 3.84. The predicted octanol–water partition coefficient (Wildman–Crippen LogP) is 3.06. The van der Waals surface area contributed by atoms with Crippen molar-refractivity contribution >= 4 is 39.3 Å². The van der Waals surface area contributed by atoms with E-state index in [0.717, 1.165) is 17.3 Å². The first-order valence-corrected chi connectivity index (χ1v) is 6.69. The highest BCUT2D eigenvalue weighted by Gasteiger charge is 2.34. The fraction of sp³-hybridized carbons (Fsp3) is 0.333. The molecule has 17 heavy (non-hydrogen) atoms. The van der Waals surface area contributed by atoms with Gasteiger partial charge >= 0.3 is 0 Å². The molecule has 3 nitrogen and oxygen atoms in total. The van der Waals surface area contributed by atoms with E-state index < -0.39 is 0 Å². The van der Waals surface area contributed by atoms with Gasteiger partial charge in [0.25, 0.3) is 11.8 Å². The highest BCUT2D eigenvalue weighted by atomic mass is 79.9. The average Bonchev–Trinajstić information content (AvgIpc) is 2.54. The van der Waals surface area contributed by atoms with Crippen LogP contribution in [0.1, 0.15) is 33.6 Å². The van der Waals surface area contributed by atoms with Gasteiger partial charge in [-0.1, -0.05) is 15.9 Å². The van der Waals surface area contributed by atoms with Crippen molar-refractivity contribution in [3.63, 3.8) is 0 Å². The van der Waals surface area contributed by atoms with E-state index in [-0.39, 0.29) is 11.8 Å². The molecular formula is C12H11BrClNO2. The average molecular weight is 317 g/mol. The summed E-state index contributed by atoms with van der Waals surface area (Å²) in [5.41, 5.74) is 0.972. The van der Waals surface area contributed by atoms with Crippen molar-refractivity contribution in [2.24, 2.45) is 0 Å². The van der Waals surface area contributed by atoms with Crippen LogP contribution < -0.4 is 0 Å². The van der Waals surface area contributed by atoms with Crippen LogP contribution in [0, 0.1) is 0 Å². The van der Waals surface area contributed by atoms with Gasteiger partial charge in [-0.3, -0.25) is 14.5 Å². The lowest BCUT2D eigenvalue weighted by atomic mass is 10.1. The largest absolute Gasteiger partial charge is 0.274 e. The molecular weight excluding hydrogens is 305 g/mol. The van der Waals surface area contributed by atoms with Gasteiger partial charge < -0.3 is 0 Å². The van der Waals surface area contributed by atoms with Gasteiger partial charge in [-0.15, -0.1) is 11.6 Å². The van der Waals surface area contributed by atoms with Crippen LogP contribution >= 0.6 is 27.5 Å². The Hall–Kier alpha value is -0.870. The van der Waals surface area contributed by atoms with Gasteiger partial charge in [-0.25, -0.2) is 0 Å². The number of halogens is 2. The molecule has 90 valence electrons. The molecule has 2 amide bonds. The molecule has 2 rings (SSSR count). The summed E-state index contributed by atoms with van der Waals surface area (Å²) in [5, 5.41) is 0. The fourth-order valence-electron chi connectivity index (χ4n) is 1.83. The second kappa shape index (κ2) is 5.19. The zero-order chi connectivity index (χ0) is 12.4. The number of hydrogen-bond donors (Lipinski definition) is 0. The van der Waals surface area contributed by atoms with Gasteiger partial charge in [0.1, 0.15) is 0 Å². The number of nitrogens with zero attached hydrogens (tertiary/aromatic N) is 1. The van der Waals surface area contributed by atoms with E-state index in [1.54, 1.807) is 18.2 Å². The minimum Gasteiger partial charge on any atom is -0.274 e. The quantitative estimate of drug-likeness (QED) is 0.486. The lowest BCUT2D eigenvalue weighted by molar-refractivity contribution is 0.0652. The zero-order valence-corrected chi connectivity index (χ0v) is 11.4. The van der Waals surface area contributed by atoms with Crippen LogP contribution in [0.5, 0.6) is 0 Å². The van der Waals surface area contributed by atoms with E-state index in [1.807, 2.05) is 0 Å². The third kappa shape index (κ3) is 2.38.